The third kappa shape index (κ3) is 4.58. The van der Waals surface area contributed by atoms with Crippen LogP contribution in [0.3, 0.4) is 0 Å². The van der Waals surface area contributed by atoms with Gasteiger partial charge in [0.25, 0.3) is 0 Å². The summed E-state index contributed by atoms with van der Waals surface area (Å²) in [5.74, 6) is -0.376. The van der Waals surface area contributed by atoms with E-state index in [0.717, 1.165) is 15.4 Å². The fraction of sp³-hybridized carbons (Fsp3) is 0.167. The Morgan fingerprint density at radius 2 is 2.11 bits per heavy atom. The summed E-state index contributed by atoms with van der Waals surface area (Å²) in [6.45, 7) is 1.97. The largest absolute Gasteiger partial charge is 0.465 e. The molecule has 1 N–H and O–H groups in total. The molecule has 0 saturated carbocycles. The predicted octanol–water partition coefficient (Wildman–Crippen LogP) is 4.63. The molecule has 0 aliphatic carbocycles. The molecule has 0 fully saturated rings. The molecule has 0 unspecified atom stereocenters. The summed E-state index contributed by atoms with van der Waals surface area (Å²) in [7, 11) is 1.46. The molecule has 0 atom stereocenters. The van der Waals surface area contributed by atoms with Crippen molar-refractivity contribution in [3.63, 3.8) is 0 Å². The summed E-state index contributed by atoms with van der Waals surface area (Å²) < 4.78 is 15.4. The topological polar surface area (TPSA) is 71.2 Å². The Morgan fingerprint density at radius 1 is 1.33 bits per heavy atom. The smallest absolute Gasteiger partial charge is 0.407 e. The highest BCUT2D eigenvalue weighted by atomic mass is 35.5. The number of carboxylic acid groups (broad SMARTS) is 1. The van der Waals surface area contributed by atoms with Crippen LogP contribution in [0.25, 0.3) is 5.69 Å². The van der Waals surface area contributed by atoms with Gasteiger partial charge in [0, 0.05) is 18.1 Å². The van der Waals surface area contributed by atoms with E-state index in [-0.39, 0.29) is 12.4 Å². The fourth-order valence-electron chi connectivity index (χ4n) is 2.40. The highest BCUT2D eigenvalue weighted by molar-refractivity contribution is 7.99. The lowest BCUT2D eigenvalue weighted by Gasteiger charge is -2.11. The van der Waals surface area contributed by atoms with E-state index in [9.17, 15) is 9.18 Å². The number of nitrogens with zero attached hydrogens (tertiary/aromatic N) is 4. The van der Waals surface area contributed by atoms with Crippen LogP contribution in [0.2, 0.25) is 5.15 Å². The Hall–Kier alpha value is -2.58. The zero-order chi connectivity index (χ0) is 19.6. The second-order valence-corrected chi connectivity index (χ2v) is 7.35. The molecule has 3 rings (SSSR count). The number of aromatic nitrogens is 3. The van der Waals surface area contributed by atoms with Gasteiger partial charge in [-0.25, -0.2) is 18.9 Å². The van der Waals surface area contributed by atoms with Crippen molar-refractivity contribution >= 4 is 29.5 Å². The first kappa shape index (κ1) is 19.2. The molecular weight excluding hydrogens is 391 g/mol. The lowest BCUT2D eigenvalue weighted by atomic mass is 10.2. The first-order chi connectivity index (χ1) is 12.8. The number of halogens is 2. The van der Waals surface area contributed by atoms with Crippen LogP contribution in [0, 0.1) is 12.7 Å². The molecule has 2 heterocycles. The van der Waals surface area contributed by atoms with Gasteiger partial charge < -0.3 is 10.0 Å². The number of hydrogen-bond acceptors (Lipinski definition) is 4. The van der Waals surface area contributed by atoms with Crippen LogP contribution in [0.5, 0.6) is 0 Å². The van der Waals surface area contributed by atoms with Gasteiger partial charge in [0.15, 0.2) is 0 Å². The highest BCUT2D eigenvalue weighted by Crippen LogP contribution is 2.31. The molecule has 0 spiro atoms. The molecule has 9 heteroatoms. The third-order valence-corrected chi connectivity index (χ3v) is 4.98. The molecule has 27 heavy (non-hydrogen) atoms. The van der Waals surface area contributed by atoms with Crippen LogP contribution in [0.4, 0.5) is 9.18 Å². The molecule has 6 nitrogen and oxygen atoms in total. The van der Waals surface area contributed by atoms with E-state index in [4.69, 9.17) is 16.7 Å². The second kappa shape index (κ2) is 7.98. The van der Waals surface area contributed by atoms with E-state index >= 15 is 0 Å². The van der Waals surface area contributed by atoms with Crippen molar-refractivity contribution in [2.45, 2.75) is 23.4 Å². The summed E-state index contributed by atoms with van der Waals surface area (Å²) in [6.07, 6.45) is 0.578. The molecule has 0 radical (unpaired) electrons. The van der Waals surface area contributed by atoms with Gasteiger partial charge in [0.05, 0.1) is 17.9 Å². The fourth-order valence-corrected chi connectivity index (χ4v) is 3.41. The molecular formula is C18H16ClFN4O2S. The van der Waals surface area contributed by atoms with Crippen LogP contribution in [0.1, 0.15) is 11.3 Å². The first-order valence-corrected chi connectivity index (χ1v) is 9.12. The molecule has 0 aliphatic heterocycles. The molecule has 140 valence electrons. The Labute approximate surface area is 164 Å². The zero-order valence-corrected chi connectivity index (χ0v) is 16.1. The second-order valence-electron chi connectivity index (χ2n) is 5.87. The summed E-state index contributed by atoms with van der Waals surface area (Å²) in [6, 6.07) is 9.74. The maximum atomic E-state index is 13.8. The number of pyridine rings is 1. The molecule has 1 amide bonds. The van der Waals surface area contributed by atoms with Crippen LogP contribution < -0.4 is 0 Å². The minimum Gasteiger partial charge on any atom is -0.465 e. The molecule has 2 aromatic heterocycles. The molecule has 0 aliphatic rings. The molecule has 0 saturated heterocycles. The number of carbonyl (C=O) groups is 1. The van der Waals surface area contributed by atoms with Crippen LogP contribution >= 0.6 is 23.4 Å². The summed E-state index contributed by atoms with van der Waals surface area (Å²) >= 11 is 7.21. The van der Waals surface area contributed by atoms with Crippen molar-refractivity contribution < 1.29 is 14.3 Å². The summed E-state index contributed by atoms with van der Waals surface area (Å²) in [5, 5.41) is 14.7. The van der Waals surface area contributed by atoms with Gasteiger partial charge in [-0.1, -0.05) is 29.4 Å². The lowest BCUT2D eigenvalue weighted by Crippen LogP contribution is -2.24. The van der Waals surface area contributed by atoms with E-state index in [1.807, 2.05) is 13.0 Å². The number of amides is 1. The first-order valence-electron chi connectivity index (χ1n) is 7.92. The number of aryl methyl sites for hydroxylation is 1. The average molecular weight is 407 g/mol. The van der Waals surface area contributed by atoms with E-state index in [1.165, 1.54) is 30.9 Å². The Bertz CT molecular complexity index is 978. The predicted molar refractivity (Wildman–Crippen MR) is 101 cm³/mol. The summed E-state index contributed by atoms with van der Waals surface area (Å²) in [4.78, 5) is 17.1. The van der Waals surface area contributed by atoms with Crippen molar-refractivity contribution in [2.75, 3.05) is 7.05 Å². The van der Waals surface area contributed by atoms with Gasteiger partial charge in [-0.05, 0) is 42.8 Å². The van der Waals surface area contributed by atoms with Gasteiger partial charge in [-0.2, -0.15) is 5.10 Å². The van der Waals surface area contributed by atoms with Gasteiger partial charge in [0.2, 0.25) is 0 Å². The molecule has 1 aromatic carbocycles. The van der Waals surface area contributed by atoms with Gasteiger partial charge >= 0.3 is 6.09 Å². The maximum Gasteiger partial charge on any atom is 0.407 e. The van der Waals surface area contributed by atoms with Crippen molar-refractivity contribution in [2.24, 2.45) is 0 Å². The Morgan fingerprint density at radius 3 is 2.78 bits per heavy atom. The Kier molecular flexibility index (Phi) is 5.67. The number of benzene rings is 1. The lowest BCUT2D eigenvalue weighted by molar-refractivity contribution is 0.153. The molecule has 0 bridgehead atoms. The average Bonchev–Trinajstić information content (AvgIpc) is 3.01. The monoisotopic (exact) mass is 406 g/mol. The van der Waals surface area contributed by atoms with Gasteiger partial charge in [0.1, 0.15) is 16.0 Å². The van der Waals surface area contributed by atoms with Crippen LogP contribution in [-0.2, 0) is 6.54 Å². The van der Waals surface area contributed by atoms with Gasteiger partial charge in [-0.15, -0.1) is 0 Å². The van der Waals surface area contributed by atoms with Crippen molar-refractivity contribution in [1.29, 1.82) is 0 Å². The minimum absolute atomic E-state index is 0.114. The Balaban J connectivity index is 2.03. The van der Waals surface area contributed by atoms with E-state index in [0.29, 0.717) is 21.6 Å². The van der Waals surface area contributed by atoms with E-state index in [2.05, 4.69) is 10.1 Å². The maximum absolute atomic E-state index is 13.8. The highest BCUT2D eigenvalue weighted by Gasteiger charge is 2.16. The summed E-state index contributed by atoms with van der Waals surface area (Å²) in [5.41, 5.74) is 1.98. The third-order valence-electron chi connectivity index (χ3n) is 3.78. The number of hydrogen-bond donors (Lipinski definition) is 1. The van der Waals surface area contributed by atoms with Gasteiger partial charge in [-0.3, -0.25) is 0 Å². The van der Waals surface area contributed by atoms with E-state index in [1.54, 1.807) is 29.1 Å². The molecule has 3 aromatic rings. The zero-order valence-electron chi connectivity index (χ0n) is 14.6. The van der Waals surface area contributed by atoms with Crippen LogP contribution in [-0.4, -0.2) is 37.9 Å². The van der Waals surface area contributed by atoms with Crippen molar-refractivity contribution in [1.82, 2.24) is 19.7 Å². The van der Waals surface area contributed by atoms with Crippen molar-refractivity contribution in [3.8, 4) is 5.69 Å². The normalized spacial score (nSPS) is 10.8. The van der Waals surface area contributed by atoms with E-state index < -0.39 is 6.09 Å². The number of rotatable bonds is 5. The SMILES string of the molecule is Cc1ccc(F)cc1-n1nc(CN(C)C(=O)O)cc1Sc1ccc(Cl)nc1. The standard InChI is InChI=1S/C18H16ClFN4O2S/c1-11-3-4-12(20)7-15(11)24-17(27-14-5-6-16(19)21-9-14)8-13(22-24)10-23(2)18(25)26/h3-9H,10H2,1-2H3,(H,25,26). The van der Waals surface area contributed by atoms with Crippen molar-refractivity contribution in [3.05, 3.63) is 64.8 Å². The van der Waals surface area contributed by atoms with Crippen LogP contribution in [0.15, 0.2) is 52.5 Å². The minimum atomic E-state index is -1.05. The quantitative estimate of drug-likeness (QED) is 0.625.